The predicted octanol–water partition coefficient (Wildman–Crippen LogP) is 6.75. The molecule has 0 spiro atoms. The van der Waals surface area contributed by atoms with Crippen LogP contribution in [-0.4, -0.2) is 19.8 Å². The smallest absolute Gasteiger partial charge is 0.269 e. The number of aryl methyl sites for hydroxylation is 1. The number of benzene rings is 2. The van der Waals surface area contributed by atoms with Crippen LogP contribution in [0.3, 0.4) is 0 Å². The van der Waals surface area contributed by atoms with E-state index in [-0.39, 0.29) is 16.5 Å². The zero-order valence-corrected chi connectivity index (χ0v) is 21.8. The predicted molar refractivity (Wildman–Crippen MR) is 144 cm³/mol. The van der Waals surface area contributed by atoms with Gasteiger partial charge < -0.3 is 15.3 Å². The van der Waals surface area contributed by atoms with Crippen LogP contribution in [0.2, 0.25) is 10.0 Å². The van der Waals surface area contributed by atoms with Crippen molar-refractivity contribution in [2.24, 2.45) is 7.05 Å². The summed E-state index contributed by atoms with van der Waals surface area (Å²) in [6.45, 7) is 1.97. The van der Waals surface area contributed by atoms with Crippen molar-refractivity contribution in [3.05, 3.63) is 86.4 Å². The van der Waals surface area contributed by atoms with Crippen molar-refractivity contribution in [3.8, 4) is 0 Å². The van der Waals surface area contributed by atoms with Gasteiger partial charge in [-0.2, -0.15) is 5.10 Å². The first-order chi connectivity index (χ1) is 15.3. The third kappa shape index (κ3) is 4.31. The molecular formula is C22H19Cl2IN5OP. The molecule has 2 N–H and O–H groups in total. The molecule has 0 radical (unpaired) electrons. The molecule has 0 saturated carbocycles. The molecule has 10 heteroatoms. The van der Waals surface area contributed by atoms with Crippen LogP contribution in [0.5, 0.6) is 0 Å². The maximum Gasteiger partial charge on any atom is 0.269 e. The van der Waals surface area contributed by atoms with Gasteiger partial charge >= 0.3 is 0 Å². The topological polar surface area (TPSA) is 75.7 Å². The molecule has 2 heterocycles. The minimum absolute atomic E-state index is 0.131. The van der Waals surface area contributed by atoms with E-state index in [2.05, 4.69) is 32.5 Å². The lowest BCUT2D eigenvalue weighted by atomic mass is 9.90. The summed E-state index contributed by atoms with van der Waals surface area (Å²) in [7, 11) is 1.65. The molecule has 2 aromatic heterocycles. The average molecular weight is 598 g/mol. The molecule has 2 atom stereocenters. The highest BCUT2D eigenvalue weighted by molar-refractivity contribution is 14.2. The average Bonchev–Trinajstić information content (AvgIpc) is 3.21. The Kier molecular flexibility index (Phi) is 6.91. The summed E-state index contributed by atoms with van der Waals surface area (Å²) < 4.78 is 3.34. The summed E-state index contributed by atoms with van der Waals surface area (Å²) in [6, 6.07) is 13.1. The van der Waals surface area contributed by atoms with Crippen molar-refractivity contribution in [2.75, 3.05) is 5.32 Å². The monoisotopic (exact) mass is 597 g/mol. The molecule has 164 valence electrons. The number of anilines is 2. The molecule has 0 aliphatic carbocycles. The lowest BCUT2D eigenvalue weighted by Crippen LogP contribution is -2.17. The number of aromatic nitrogens is 3. The van der Waals surface area contributed by atoms with Gasteiger partial charge in [0.2, 0.25) is 0 Å². The number of rotatable bonds is 6. The first-order valence-corrected chi connectivity index (χ1v) is 14.5. The van der Waals surface area contributed by atoms with Crippen molar-refractivity contribution in [3.63, 3.8) is 0 Å². The molecule has 6 nitrogen and oxygen atoms in total. The number of hydrogen-bond acceptors (Lipinski definition) is 4. The minimum Gasteiger partial charge on any atom is -0.354 e. The molecule has 4 rings (SSSR count). The van der Waals surface area contributed by atoms with E-state index in [0.717, 1.165) is 27.7 Å². The highest BCUT2D eigenvalue weighted by atomic mass is 127. The van der Waals surface area contributed by atoms with Gasteiger partial charge in [-0.3, -0.25) is 4.79 Å². The summed E-state index contributed by atoms with van der Waals surface area (Å²) in [5.41, 5.74) is 4.17. The Morgan fingerprint density at radius 2 is 2.00 bits per heavy atom. The van der Waals surface area contributed by atoms with E-state index < -0.39 is 0 Å². The number of para-hydroxylation sites is 1. The fourth-order valence-corrected chi connectivity index (χ4v) is 5.76. The fraction of sp³-hybridized carbons (Fsp3) is 0.136. The molecule has 0 aliphatic rings. The van der Waals surface area contributed by atoms with Crippen LogP contribution in [0.1, 0.15) is 24.0 Å². The Balaban J connectivity index is 1.69. The second-order valence-corrected chi connectivity index (χ2v) is 10.2. The van der Waals surface area contributed by atoms with Gasteiger partial charge in [0.25, 0.3) is 5.56 Å². The SMILES string of the molecule is CC(C(=N)c1ccccc1Nc1cc(Cl)c(=O)n(C)c1)c1ccc2c(cnn2PI)c1Cl. The van der Waals surface area contributed by atoms with E-state index >= 15 is 0 Å². The first kappa shape index (κ1) is 23.2. The second-order valence-electron chi connectivity index (χ2n) is 7.34. The highest BCUT2D eigenvalue weighted by Crippen LogP contribution is 2.37. The molecule has 2 unspecified atom stereocenters. The Hall–Kier alpha value is -1.93. The number of halogens is 3. The van der Waals surface area contributed by atoms with Gasteiger partial charge in [-0.1, -0.05) is 54.4 Å². The van der Waals surface area contributed by atoms with E-state index in [1.165, 1.54) is 4.57 Å². The molecule has 4 aromatic rings. The summed E-state index contributed by atoms with van der Waals surface area (Å²) in [4.78, 5) is 11.9. The number of nitrogens with one attached hydrogen (secondary N) is 2. The van der Waals surface area contributed by atoms with Crippen LogP contribution in [-0.2, 0) is 7.05 Å². The lowest BCUT2D eigenvalue weighted by molar-refractivity contribution is 0.862. The minimum atomic E-state index is -0.261. The Bertz CT molecular complexity index is 1370. The maximum absolute atomic E-state index is 11.9. The number of nitrogens with zero attached hydrogens (tertiary/aromatic N) is 3. The van der Waals surface area contributed by atoms with Gasteiger partial charge in [0.05, 0.1) is 28.8 Å². The summed E-state index contributed by atoms with van der Waals surface area (Å²) in [5.74, 6) is -0.246. The van der Waals surface area contributed by atoms with Crippen LogP contribution in [0, 0.1) is 5.41 Å². The van der Waals surface area contributed by atoms with Crippen LogP contribution >= 0.6 is 51.6 Å². The zero-order valence-electron chi connectivity index (χ0n) is 17.2. The lowest BCUT2D eigenvalue weighted by Gasteiger charge is -2.19. The molecule has 32 heavy (non-hydrogen) atoms. The van der Waals surface area contributed by atoms with Gasteiger partial charge in [0.15, 0.2) is 0 Å². The molecule has 0 aliphatic heterocycles. The molecular weight excluding hydrogens is 579 g/mol. The third-order valence-electron chi connectivity index (χ3n) is 5.33. The van der Waals surface area contributed by atoms with E-state index in [1.807, 2.05) is 47.8 Å². The molecule has 2 aromatic carbocycles. The summed E-state index contributed by atoms with van der Waals surface area (Å²) in [5, 5.41) is 18.3. The van der Waals surface area contributed by atoms with Crippen LogP contribution in [0.25, 0.3) is 10.9 Å². The van der Waals surface area contributed by atoms with Crippen LogP contribution in [0.4, 0.5) is 11.4 Å². The van der Waals surface area contributed by atoms with E-state index in [0.29, 0.717) is 22.8 Å². The van der Waals surface area contributed by atoms with Crippen LogP contribution in [0.15, 0.2) is 59.7 Å². The normalized spacial score (nSPS) is 12.5. The van der Waals surface area contributed by atoms with Gasteiger partial charge in [-0.15, -0.1) is 0 Å². The molecule has 0 saturated heterocycles. The van der Waals surface area contributed by atoms with E-state index in [9.17, 15) is 4.79 Å². The Labute approximate surface area is 209 Å². The van der Waals surface area contributed by atoms with Crippen molar-refractivity contribution in [1.82, 2.24) is 14.1 Å². The number of pyridine rings is 1. The van der Waals surface area contributed by atoms with Gasteiger partial charge in [-0.05, 0) is 45.8 Å². The Morgan fingerprint density at radius 3 is 2.72 bits per heavy atom. The first-order valence-electron chi connectivity index (χ1n) is 9.65. The zero-order chi connectivity index (χ0) is 23.0. The van der Waals surface area contributed by atoms with Crippen molar-refractivity contribution >= 4 is 79.6 Å². The number of hydrogen-bond donors (Lipinski definition) is 2. The van der Waals surface area contributed by atoms with Crippen LogP contribution < -0.4 is 10.9 Å². The fourth-order valence-electron chi connectivity index (χ4n) is 3.60. The number of fused-ring (bicyclic) bond motifs is 1. The third-order valence-corrected chi connectivity index (χ3v) is 7.91. The largest absolute Gasteiger partial charge is 0.354 e. The van der Waals surface area contributed by atoms with Gasteiger partial charge in [-0.25, -0.2) is 4.45 Å². The Morgan fingerprint density at radius 1 is 1.25 bits per heavy atom. The summed E-state index contributed by atoms with van der Waals surface area (Å²) in [6.07, 6.45) is 3.94. The molecule has 0 amide bonds. The van der Waals surface area contributed by atoms with E-state index in [1.54, 1.807) is 25.5 Å². The van der Waals surface area contributed by atoms with Crippen molar-refractivity contribution in [1.29, 1.82) is 5.41 Å². The molecule has 0 bridgehead atoms. The van der Waals surface area contributed by atoms with Gasteiger partial charge in [0.1, 0.15) is 5.02 Å². The highest BCUT2D eigenvalue weighted by Gasteiger charge is 2.21. The standard InChI is InChI=1S/C22H19Cl2IN5OP/c1-12(14-7-8-19-16(20(14)24)10-27-30(19)32-25)21(26)15-5-3-4-6-18(15)28-13-9-17(23)22(31)29(2)11-13/h3-12,26,28,32H,1-2H3. The summed E-state index contributed by atoms with van der Waals surface area (Å²) >= 11 is 15.1. The second kappa shape index (κ2) is 9.51. The van der Waals surface area contributed by atoms with Crippen molar-refractivity contribution < 1.29 is 0 Å². The van der Waals surface area contributed by atoms with E-state index in [4.69, 9.17) is 28.6 Å². The molecule has 0 fully saturated rings. The quantitative estimate of drug-likeness (QED) is 0.147. The van der Waals surface area contributed by atoms with Crippen molar-refractivity contribution in [2.45, 2.75) is 12.8 Å². The van der Waals surface area contributed by atoms with Gasteiger partial charge in [0, 0.05) is 41.5 Å². The maximum atomic E-state index is 11.9.